The molecular formula is C14H15NO3. The normalized spacial score (nSPS) is 11.9. The van der Waals surface area contributed by atoms with E-state index >= 15 is 0 Å². The summed E-state index contributed by atoms with van der Waals surface area (Å²) in [4.78, 5) is 11.4. The molecule has 4 nitrogen and oxygen atoms in total. The van der Waals surface area contributed by atoms with Gasteiger partial charge in [0.25, 0.3) is 0 Å². The molecule has 1 N–H and O–H groups in total. The number of furan rings is 1. The molecule has 0 spiro atoms. The van der Waals surface area contributed by atoms with Crippen molar-refractivity contribution in [2.24, 2.45) is 0 Å². The maximum absolute atomic E-state index is 11.4. The molecule has 0 amide bonds. The highest BCUT2D eigenvalue weighted by atomic mass is 16.5. The number of hydrogen-bond acceptors (Lipinski definition) is 4. The molecule has 0 saturated heterocycles. The number of nitrogens with one attached hydrogen (secondary N) is 1. The van der Waals surface area contributed by atoms with Crippen molar-refractivity contribution in [3.05, 3.63) is 54.0 Å². The summed E-state index contributed by atoms with van der Waals surface area (Å²) in [5.41, 5.74) is 2.45. The Balaban J connectivity index is 2.12. The fourth-order valence-corrected chi connectivity index (χ4v) is 1.71. The van der Waals surface area contributed by atoms with Crippen molar-refractivity contribution >= 4 is 11.7 Å². The molecule has 1 unspecified atom stereocenters. The predicted octanol–water partition coefficient (Wildman–Crippen LogP) is 3.24. The molecule has 1 heterocycles. The van der Waals surface area contributed by atoms with Crippen LogP contribution < -0.4 is 5.32 Å². The zero-order valence-corrected chi connectivity index (χ0v) is 10.3. The topological polar surface area (TPSA) is 51.5 Å². The minimum absolute atomic E-state index is 0.108. The van der Waals surface area contributed by atoms with Crippen LogP contribution in [0.3, 0.4) is 0 Å². The van der Waals surface area contributed by atoms with Gasteiger partial charge in [-0.15, -0.1) is 0 Å². The van der Waals surface area contributed by atoms with Crippen LogP contribution in [0.5, 0.6) is 0 Å². The Kier molecular flexibility index (Phi) is 3.67. The van der Waals surface area contributed by atoms with Crippen molar-refractivity contribution in [1.82, 2.24) is 0 Å². The lowest BCUT2D eigenvalue weighted by Gasteiger charge is -2.14. The molecule has 0 aliphatic heterocycles. The first-order chi connectivity index (χ1) is 8.70. The largest absolute Gasteiger partial charge is 0.472 e. The van der Waals surface area contributed by atoms with E-state index in [1.807, 2.05) is 25.1 Å². The van der Waals surface area contributed by atoms with Crippen LogP contribution in [-0.4, -0.2) is 13.1 Å². The third kappa shape index (κ3) is 2.71. The summed E-state index contributed by atoms with van der Waals surface area (Å²) in [6.07, 6.45) is 3.33. The molecule has 0 radical (unpaired) electrons. The van der Waals surface area contributed by atoms with Gasteiger partial charge >= 0.3 is 5.97 Å². The monoisotopic (exact) mass is 245 g/mol. The predicted molar refractivity (Wildman–Crippen MR) is 68.5 cm³/mol. The van der Waals surface area contributed by atoms with Crippen LogP contribution in [-0.2, 0) is 4.74 Å². The number of anilines is 1. The van der Waals surface area contributed by atoms with Crippen molar-refractivity contribution in [3.63, 3.8) is 0 Å². The molecule has 0 bridgehead atoms. The third-order valence-electron chi connectivity index (χ3n) is 2.71. The van der Waals surface area contributed by atoms with E-state index in [2.05, 4.69) is 10.1 Å². The van der Waals surface area contributed by atoms with Crippen molar-refractivity contribution in [2.75, 3.05) is 12.4 Å². The first-order valence-corrected chi connectivity index (χ1v) is 5.67. The van der Waals surface area contributed by atoms with Gasteiger partial charge in [-0.3, -0.25) is 0 Å². The summed E-state index contributed by atoms with van der Waals surface area (Å²) >= 11 is 0. The van der Waals surface area contributed by atoms with E-state index in [1.165, 1.54) is 7.11 Å². The Bertz CT molecular complexity index is 520. The van der Waals surface area contributed by atoms with Crippen molar-refractivity contribution in [3.8, 4) is 0 Å². The highest BCUT2D eigenvalue weighted by Gasteiger charge is 2.09. The third-order valence-corrected chi connectivity index (χ3v) is 2.71. The molecule has 0 aliphatic carbocycles. The van der Waals surface area contributed by atoms with E-state index in [9.17, 15) is 4.79 Å². The lowest BCUT2D eigenvalue weighted by molar-refractivity contribution is 0.0601. The number of carbonyl (C=O) groups is 1. The first-order valence-electron chi connectivity index (χ1n) is 5.67. The van der Waals surface area contributed by atoms with Crippen LogP contribution in [0, 0.1) is 0 Å². The van der Waals surface area contributed by atoms with Gasteiger partial charge < -0.3 is 14.5 Å². The molecular weight excluding hydrogens is 230 g/mol. The van der Waals surface area contributed by atoms with Crippen molar-refractivity contribution in [2.45, 2.75) is 13.0 Å². The molecule has 0 saturated carbocycles. The summed E-state index contributed by atoms with van der Waals surface area (Å²) in [5, 5.41) is 3.30. The van der Waals surface area contributed by atoms with Crippen LogP contribution in [0.1, 0.15) is 28.9 Å². The molecule has 1 aromatic carbocycles. The van der Waals surface area contributed by atoms with Crippen LogP contribution in [0.4, 0.5) is 5.69 Å². The standard InChI is InChI=1S/C14H15NO3/c1-10(12-6-7-18-9-12)15-13-5-3-4-11(8-13)14(16)17-2/h3-10,15H,1-2H3. The van der Waals surface area contributed by atoms with E-state index < -0.39 is 0 Å². The second kappa shape index (κ2) is 5.40. The maximum Gasteiger partial charge on any atom is 0.337 e. The van der Waals surface area contributed by atoms with Crippen molar-refractivity contribution < 1.29 is 13.9 Å². The molecule has 18 heavy (non-hydrogen) atoms. The van der Waals surface area contributed by atoms with E-state index in [1.54, 1.807) is 24.7 Å². The minimum Gasteiger partial charge on any atom is -0.472 e. The van der Waals surface area contributed by atoms with Gasteiger partial charge in [-0.25, -0.2) is 4.79 Å². The van der Waals surface area contributed by atoms with Crippen molar-refractivity contribution in [1.29, 1.82) is 0 Å². The highest BCUT2D eigenvalue weighted by molar-refractivity contribution is 5.90. The number of carbonyl (C=O) groups excluding carboxylic acids is 1. The average Bonchev–Trinajstić information content (AvgIpc) is 2.92. The zero-order chi connectivity index (χ0) is 13.0. The van der Waals surface area contributed by atoms with E-state index in [0.717, 1.165) is 11.3 Å². The number of ether oxygens (including phenoxy) is 1. The van der Waals surface area contributed by atoms with Gasteiger partial charge in [0.15, 0.2) is 0 Å². The van der Waals surface area contributed by atoms with E-state index in [-0.39, 0.29) is 12.0 Å². The van der Waals surface area contributed by atoms with Gasteiger partial charge in [-0.05, 0) is 31.2 Å². The molecule has 4 heteroatoms. The fraction of sp³-hybridized carbons (Fsp3) is 0.214. The summed E-state index contributed by atoms with van der Waals surface area (Å²) in [6, 6.07) is 9.22. The Morgan fingerprint density at radius 1 is 1.39 bits per heavy atom. The molecule has 1 atom stereocenters. The number of methoxy groups -OCH3 is 1. The Hall–Kier alpha value is -2.23. The van der Waals surface area contributed by atoms with Gasteiger partial charge in [0.05, 0.1) is 31.2 Å². The summed E-state index contributed by atoms with van der Waals surface area (Å²) in [5.74, 6) is -0.338. The fourth-order valence-electron chi connectivity index (χ4n) is 1.71. The SMILES string of the molecule is COC(=O)c1cccc(NC(C)c2ccoc2)c1. The number of esters is 1. The molecule has 0 aliphatic rings. The van der Waals surface area contributed by atoms with Gasteiger partial charge in [0.1, 0.15) is 0 Å². The summed E-state index contributed by atoms with van der Waals surface area (Å²) < 4.78 is 9.73. The number of rotatable bonds is 4. The molecule has 94 valence electrons. The first kappa shape index (κ1) is 12.2. The van der Waals surface area contributed by atoms with E-state index in [0.29, 0.717) is 5.56 Å². The van der Waals surface area contributed by atoms with Gasteiger partial charge in [-0.1, -0.05) is 6.07 Å². The molecule has 1 aromatic heterocycles. The van der Waals surface area contributed by atoms with Crippen LogP contribution in [0.2, 0.25) is 0 Å². The Morgan fingerprint density at radius 2 is 2.22 bits per heavy atom. The highest BCUT2D eigenvalue weighted by Crippen LogP contribution is 2.20. The smallest absolute Gasteiger partial charge is 0.337 e. The van der Waals surface area contributed by atoms with Gasteiger partial charge in [0.2, 0.25) is 0 Å². The van der Waals surface area contributed by atoms with Crippen LogP contribution >= 0.6 is 0 Å². The molecule has 0 fully saturated rings. The lowest BCUT2D eigenvalue weighted by Crippen LogP contribution is -2.07. The quantitative estimate of drug-likeness (QED) is 0.840. The summed E-state index contributed by atoms with van der Waals surface area (Å²) in [7, 11) is 1.37. The van der Waals surface area contributed by atoms with Gasteiger partial charge in [-0.2, -0.15) is 0 Å². The lowest BCUT2D eigenvalue weighted by atomic mass is 10.1. The summed E-state index contributed by atoms with van der Waals surface area (Å²) in [6.45, 7) is 2.02. The molecule has 2 rings (SSSR count). The number of benzene rings is 1. The number of hydrogen-bond donors (Lipinski definition) is 1. The zero-order valence-electron chi connectivity index (χ0n) is 10.3. The van der Waals surface area contributed by atoms with E-state index in [4.69, 9.17) is 4.42 Å². The second-order valence-electron chi connectivity index (χ2n) is 4.00. The maximum atomic E-state index is 11.4. The molecule has 2 aromatic rings. The van der Waals surface area contributed by atoms with Gasteiger partial charge in [0, 0.05) is 11.3 Å². The van der Waals surface area contributed by atoms with Crippen LogP contribution in [0.15, 0.2) is 47.3 Å². The Morgan fingerprint density at radius 3 is 2.89 bits per heavy atom. The van der Waals surface area contributed by atoms with Crippen LogP contribution in [0.25, 0.3) is 0 Å². The minimum atomic E-state index is -0.338. The average molecular weight is 245 g/mol. The Labute approximate surface area is 106 Å². The second-order valence-corrected chi connectivity index (χ2v) is 4.00.